The lowest BCUT2D eigenvalue weighted by atomic mass is 9.70. The second kappa shape index (κ2) is 10.2. The van der Waals surface area contributed by atoms with Gasteiger partial charge in [0, 0.05) is 16.7 Å². The highest BCUT2D eigenvalue weighted by molar-refractivity contribution is 5.95. The third-order valence-corrected chi connectivity index (χ3v) is 10.1. The van der Waals surface area contributed by atoms with Crippen LogP contribution in [0.2, 0.25) is 0 Å². The van der Waals surface area contributed by atoms with Gasteiger partial charge in [-0.2, -0.15) is 0 Å². The number of nitrogens with zero attached hydrogens (tertiary/aromatic N) is 3. The summed E-state index contributed by atoms with van der Waals surface area (Å²) in [6.45, 7) is 8.50. The SMILES string of the molecule is Cc1ccc(-c2nc(-c3ccc4c(c3)C3(c5ccccc5-c5ccccc53)c3ccccc3-4)nc(-c3ccc(C)cc3C)n2)c(C)c1. The lowest BCUT2D eigenvalue weighted by Crippen LogP contribution is -2.25. The molecule has 0 amide bonds. The average Bonchev–Trinajstić information content (AvgIpc) is 3.55. The summed E-state index contributed by atoms with van der Waals surface area (Å²) in [6, 6.07) is 46.5. The highest BCUT2D eigenvalue weighted by Crippen LogP contribution is 2.62. The first-order chi connectivity index (χ1) is 22.9. The van der Waals surface area contributed by atoms with Gasteiger partial charge in [-0.3, -0.25) is 0 Å². The normalized spacial score (nSPS) is 13.3. The van der Waals surface area contributed by atoms with E-state index < -0.39 is 5.41 Å². The molecule has 0 atom stereocenters. The Bertz CT molecular complexity index is 2280. The molecule has 2 aliphatic carbocycles. The Morgan fingerprint density at radius 3 is 1.23 bits per heavy atom. The maximum atomic E-state index is 5.19. The quantitative estimate of drug-likeness (QED) is 0.202. The second-order valence-corrected chi connectivity index (χ2v) is 13.1. The number of rotatable bonds is 3. The molecule has 2 aliphatic rings. The minimum Gasteiger partial charge on any atom is -0.208 e. The van der Waals surface area contributed by atoms with Gasteiger partial charge in [-0.05, 0) is 89.4 Å². The van der Waals surface area contributed by atoms with Crippen molar-refractivity contribution in [3.63, 3.8) is 0 Å². The smallest absolute Gasteiger partial charge is 0.164 e. The molecule has 0 aliphatic heterocycles. The molecule has 9 rings (SSSR count). The first-order valence-electron chi connectivity index (χ1n) is 16.3. The van der Waals surface area contributed by atoms with Gasteiger partial charge in [0.1, 0.15) is 0 Å². The Kier molecular flexibility index (Phi) is 5.98. The van der Waals surface area contributed by atoms with Crippen molar-refractivity contribution >= 4 is 0 Å². The summed E-state index contributed by atoms with van der Waals surface area (Å²) < 4.78 is 0. The summed E-state index contributed by atoms with van der Waals surface area (Å²) in [5, 5.41) is 0. The van der Waals surface area contributed by atoms with Crippen molar-refractivity contribution in [3.8, 4) is 56.4 Å². The highest BCUT2D eigenvalue weighted by Gasteiger charge is 2.51. The van der Waals surface area contributed by atoms with Crippen molar-refractivity contribution in [2.24, 2.45) is 0 Å². The topological polar surface area (TPSA) is 38.7 Å². The van der Waals surface area contributed by atoms with E-state index in [9.17, 15) is 0 Å². The molecule has 0 saturated carbocycles. The third-order valence-electron chi connectivity index (χ3n) is 10.1. The van der Waals surface area contributed by atoms with E-state index in [0.29, 0.717) is 17.5 Å². The molecule has 3 heteroatoms. The summed E-state index contributed by atoms with van der Waals surface area (Å²) in [5.41, 5.74) is 17.7. The van der Waals surface area contributed by atoms with Crippen LogP contribution in [0.4, 0.5) is 0 Å². The van der Waals surface area contributed by atoms with Crippen molar-refractivity contribution in [1.29, 1.82) is 0 Å². The predicted octanol–water partition coefficient (Wildman–Crippen LogP) is 10.4. The van der Waals surface area contributed by atoms with Crippen molar-refractivity contribution in [2.45, 2.75) is 33.1 Å². The van der Waals surface area contributed by atoms with Crippen LogP contribution < -0.4 is 0 Å². The van der Waals surface area contributed by atoms with Crippen LogP contribution in [0.1, 0.15) is 44.5 Å². The van der Waals surface area contributed by atoms with Crippen molar-refractivity contribution < 1.29 is 0 Å². The Labute approximate surface area is 275 Å². The fraction of sp³-hybridized carbons (Fsp3) is 0.114. The Morgan fingerprint density at radius 2 is 0.766 bits per heavy atom. The van der Waals surface area contributed by atoms with Crippen LogP contribution in [0.5, 0.6) is 0 Å². The van der Waals surface area contributed by atoms with E-state index in [4.69, 9.17) is 15.0 Å². The predicted molar refractivity (Wildman–Crippen MR) is 191 cm³/mol. The van der Waals surface area contributed by atoms with Gasteiger partial charge in [-0.15, -0.1) is 0 Å². The summed E-state index contributed by atoms with van der Waals surface area (Å²) in [7, 11) is 0. The van der Waals surface area contributed by atoms with Gasteiger partial charge >= 0.3 is 0 Å². The van der Waals surface area contributed by atoms with Crippen LogP contribution >= 0.6 is 0 Å². The first kappa shape index (κ1) is 27.6. The molecule has 6 aromatic carbocycles. The van der Waals surface area contributed by atoms with E-state index in [-0.39, 0.29) is 0 Å². The maximum Gasteiger partial charge on any atom is 0.164 e. The zero-order valence-corrected chi connectivity index (χ0v) is 27.0. The summed E-state index contributed by atoms with van der Waals surface area (Å²) in [5.74, 6) is 2.06. The van der Waals surface area contributed by atoms with Gasteiger partial charge in [0.15, 0.2) is 17.5 Å². The second-order valence-electron chi connectivity index (χ2n) is 13.1. The van der Waals surface area contributed by atoms with Gasteiger partial charge in [0.2, 0.25) is 0 Å². The van der Waals surface area contributed by atoms with E-state index in [1.807, 2.05) is 0 Å². The molecule has 0 fully saturated rings. The average molecular weight is 604 g/mol. The first-order valence-corrected chi connectivity index (χ1v) is 16.3. The number of fused-ring (bicyclic) bond motifs is 10. The summed E-state index contributed by atoms with van der Waals surface area (Å²) in [6.07, 6.45) is 0. The summed E-state index contributed by atoms with van der Waals surface area (Å²) in [4.78, 5) is 15.5. The molecule has 0 bridgehead atoms. The van der Waals surface area contributed by atoms with Crippen LogP contribution in [-0.4, -0.2) is 15.0 Å². The van der Waals surface area contributed by atoms with Crippen LogP contribution in [0, 0.1) is 27.7 Å². The monoisotopic (exact) mass is 603 g/mol. The molecule has 1 aromatic heterocycles. The molecule has 3 nitrogen and oxygen atoms in total. The van der Waals surface area contributed by atoms with Gasteiger partial charge in [-0.25, -0.2) is 15.0 Å². The van der Waals surface area contributed by atoms with E-state index in [0.717, 1.165) is 27.8 Å². The molecule has 1 heterocycles. The molecule has 0 unspecified atom stereocenters. The number of hydrogen-bond acceptors (Lipinski definition) is 3. The Balaban J connectivity index is 1.32. The van der Waals surface area contributed by atoms with Gasteiger partial charge < -0.3 is 0 Å². The zero-order valence-electron chi connectivity index (χ0n) is 27.0. The van der Waals surface area contributed by atoms with Gasteiger partial charge in [0.25, 0.3) is 0 Å². The molecule has 1 spiro atoms. The minimum atomic E-state index is -0.422. The number of aromatic nitrogens is 3. The minimum absolute atomic E-state index is 0.422. The van der Waals surface area contributed by atoms with Crippen molar-refractivity contribution in [2.75, 3.05) is 0 Å². The van der Waals surface area contributed by atoms with E-state index in [1.54, 1.807) is 0 Å². The molecule has 7 aromatic rings. The van der Waals surface area contributed by atoms with E-state index >= 15 is 0 Å². The molecule has 224 valence electrons. The molecule has 0 radical (unpaired) electrons. The lowest BCUT2D eigenvalue weighted by Gasteiger charge is -2.30. The lowest BCUT2D eigenvalue weighted by molar-refractivity contribution is 0.794. The van der Waals surface area contributed by atoms with E-state index in [2.05, 4.69) is 155 Å². The maximum absolute atomic E-state index is 5.19. The molecular weight excluding hydrogens is 571 g/mol. The summed E-state index contributed by atoms with van der Waals surface area (Å²) >= 11 is 0. The van der Waals surface area contributed by atoms with Crippen LogP contribution in [0.3, 0.4) is 0 Å². The number of benzene rings is 6. The van der Waals surface area contributed by atoms with E-state index in [1.165, 1.54) is 55.6 Å². The third kappa shape index (κ3) is 3.96. The Hall–Kier alpha value is -5.67. The molecular formula is C44H33N3. The standard InChI is InChI=1S/C44H33N3/c1-26-17-20-31(28(3)23-26)42-45-41(46-43(47-42)32-21-18-27(2)24-29(32)4)30-19-22-36-35-13-7-10-16-39(35)44(40(36)25-30)37-14-8-5-11-33(37)34-12-6-9-15-38(34)44/h5-25H,1-4H3. The fourth-order valence-corrected chi connectivity index (χ4v) is 8.11. The van der Waals surface area contributed by atoms with Crippen LogP contribution in [0.15, 0.2) is 127 Å². The fourth-order valence-electron chi connectivity index (χ4n) is 8.11. The van der Waals surface area contributed by atoms with Gasteiger partial charge in [0.05, 0.1) is 5.41 Å². The van der Waals surface area contributed by atoms with Crippen LogP contribution in [-0.2, 0) is 5.41 Å². The van der Waals surface area contributed by atoms with Gasteiger partial charge in [-0.1, -0.05) is 132 Å². The molecule has 0 N–H and O–H groups in total. The van der Waals surface area contributed by atoms with Crippen molar-refractivity contribution in [1.82, 2.24) is 15.0 Å². The van der Waals surface area contributed by atoms with Crippen LogP contribution in [0.25, 0.3) is 56.4 Å². The number of hydrogen-bond donors (Lipinski definition) is 0. The molecule has 0 saturated heterocycles. The number of aryl methyl sites for hydroxylation is 4. The highest BCUT2D eigenvalue weighted by atomic mass is 15.0. The zero-order chi connectivity index (χ0) is 31.9. The van der Waals surface area contributed by atoms with Crippen molar-refractivity contribution in [3.05, 3.63) is 172 Å². The molecule has 47 heavy (non-hydrogen) atoms. The Morgan fingerprint density at radius 1 is 0.362 bits per heavy atom. The largest absolute Gasteiger partial charge is 0.208 e.